The van der Waals surface area contributed by atoms with Crippen molar-refractivity contribution in [2.75, 3.05) is 13.1 Å². The van der Waals surface area contributed by atoms with Crippen LogP contribution in [0.15, 0.2) is 42.7 Å². The number of rotatable bonds is 2. The average Bonchev–Trinajstić information content (AvgIpc) is 3.12. The molecule has 0 radical (unpaired) electrons. The van der Waals surface area contributed by atoms with Crippen LogP contribution >= 0.6 is 12.4 Å². The van der Waals surface area contributed by atoms with Crippen molar-refractivity contribution in [3.05, 3.63) is 48.3 Å². The van der Waals surface area contributed by atoms with E-state index in [1.54, 1.807) is 10.9 Å². The molecule has 2 unspecified atom stereocenters. The molecule has 23 heavy (non-hydrogen) atoms. The molecule has 1 N–H and O–H groups in total. The van der Waals surface area contributed by atoms with Gasteiger partial charge in [-0.1, -0.05) is 18.2 Å². The van der Waals surface area contributed by atoms with Crippen LogP contribution in [0.2, 0.25) is 0 Å². The zero-order valence-electron chi connectivity index (χ0n) is 12.9. The molecule has 2 aliphatic rings. The first-order valence-electron chi connectivity index (χ1n) is 7.96. The maximum absolute atomic E-state index is 12.9. The molecule has 2 bridgehead atoms. The van der Waals surface area contributed by atoms with Gasteiger partial charge in [0.2, 0.25) is 0 Å². The van der Waals surface area contributed by atoms with E-state index in [2.05, 4.69) is 15.3 Å². The molecule has 1 aromatic heterocycles. The first kappa shape index (κ1) is 16.0. The smallest absolute Gasteiger partial charge is 0.257 e. The second kappa shape index (κ2) is 6.72. The van der Waals surface area contributed by atoms with Gasteiger partial charge in [-0.2, -0.15) is 5.10 Å². The Bertz CT molecular complexity index is 658. The monoisotopic (exact) mass is 332 g/mol. The van der Waals surface area contributed by atoms with Gasteiger partial charge in [0, 0.05) is 24.8 Å². The summed E-state index contributed by atoms with van der Waals surface area (Å²) in [7, 11) is 0. The second-order valence-corrected chi connectivity index (χ2v) is 6.10. The summed E-state index contributed by atoms with van der Waals surface area (Å²) >= 11 is 0. The highest BCUT2D eigenvalue weighted by Crippen LogP contribution is 2.29. The van der Waals surface area contributed by atoms with E-state index in [4.69, 9.17) is 0 Å². The van der Waals surface area contributed by atoms with Crippen molar-refractivity contribution >= 4 is 18.3 Å². The van der Waals surface area contributed by atoms with E-state index in [-0.39, 0.29) is 18.3 Å². The topological polar surface area (TPSA) is 50.2 Å². The summed E-state index contributed by atoms with van der Waals surface area (Å²) in [5.41, 5.74) is 1.66. The fraction of sp³-hybridized carbons (Fsp3) is 0.412. The van der Waals surface area contributed by atoms with Crippen LogP contribution in [0, 0.1) is 0 Å². The lowest BCUT2D eigenvalue weighted by molar-refractivity contribution is 0.0680. The third-order valence-corrected chi connectivity index (χ3v) is 4.74. The summed E-state index contributed by atoms with van der Waals surface area (Å²) < 4.78 is 1.77. The number of hydrogen-bond donors (Lipinski definition) is 1. The van der Waals surface area contributed by atoms with Crippen LogP contribution in [0.3, 0.4) is 0 Å². The number of nitrogens with one attached hydrogen (secondary N) is 1. The molecule has 4 rings (SSSR count). The van der Waals surface area contributed by atoms with Gasteiger partial charge < -0.3 is 10.2 Å². The molecule has 122 valence electrons. The molecule has 6 heteroatoms. The summed E-state index contributed by atoms with van der Waals surface area (Å²) in [5, 5.41) is 7.78. The molecule has 1 amide bonds. The van der Waals surface area contributed by atoms with Gasteiger partial charge in [-0.3, -0.25) is 4.79 Å². The minimum atomic E-state index is 0. The van der Waals surface area contributed by atoms with Gasteiger partial charge in [0.1, 0.15) is 0 Å². The van der Waals surface area contributed by atoms with Crippen molar-refractivity contribution in [3.8, 4) is 5.69 Å². The van der Waals surface area contributed by atoms with E-state index in [1.165, 1.54) is 0 Å². The standard InChI is InChI=1S/C17H20N4O.ClH/c22-17(21-15-6-7-16(21)11-18-9-8-15)13-10-19-20(12-13)14-4-2-1-3-5-14;/h1-5,10,12,15-16,18H,6-9,11H2;1H. The van der Waals surface area contributed by atoms with Crippen molar-refractivity contribution < 1.29 is 4.79 Å². The highest BCUT2D eigenvalue weighted by Gasteiger charge is 2.38. The fourth-order valence-corrected chi connectivity index (χ4v) is 3.62. The number of benzene rings is 1. The number of para-hydroxylation sites is 1. The van der Waals surface area contributed by atoms with Gasteiger partial charge in [-0.05, 0) is 37.9 Å². The Morgan fingerprint density at radius 3 is 2.74 bits per heavy atom. The first-order valence-corrected chi connectivity index (χ1v) is 7.96. The van der Waals surface area contributed by atoms with Gasteiger partial charge in [-0.25, -0.2) is 4.68 Å². The molecule has 5 nitrogen and oxygen atoms in total. The quantitative estimate of drug-likeness (QED) is 0.917. The summed E-state index contributed by atoms with van der Waals surface area (Å²) in [6.45, 7) is 1.92. The Hall–Kier alpha value is -1.85. The van der Waals surface area contributed by atoms with E-state index in [1.807, 2.05) is 36.5 Å². The number of halogens is 1. The maximum Gasteiger partial charge on any atom is 0.257 e. The lowest BCUT2D eigenvalue weighted by Crippen LogP contribution is -2.42. The van der Waals surface area contributed by atoms with Crippen molar-refractivity contribution in [3.63, 3.8) is 0 Å². The van der Waals surface area contributed by atoms with Crippen LogP contribution in [0.5, 0.6) is 0 Å². The number of fused-ring (bicyclic) bond motifs is 2. The van der Waals surface area contributed by atoms with Crippen molar-refractivity contribution in [1.82, 2.24) is 20.0 Å². The molecule has 2 fully saturated rings. The van der Waals surface area contributed by atoms with Gasteiger partial charge in [0.25, 0.3) is 5.91 Å². The molecule has 2 atom stereocenters. The highest BCUT2D eigenvalue weighted by molar-refractivity contribution is 5.94. The predicted molar refractivity (Wildman–Crippen MR) is 91.3 cm³/mol. The summed E-state index contributed by atoms with van der Waals surface area (Å²) in [6.07, 6.45) is 6.82. The average molecular weight is 333 g/mol. The molecule has 0 spiro atoms. The van der Waals surface area contributed by atoms with Crippen LogP contribution in [0.25, 0.3) is 5.69 Å². The van der Waals surface area contributed by atoms with Crippen molar-refractivity contribution in [1.29, 1.82) is 0 Å². The Balaban J connectivity index is 0.00000156. The largest absolute Gasteiger partial charge is 0.331 e. The predicted octanol–water partition coefficient (Wildman–Crippen LogP) is 2.26. The van der Waals surface area contributed by atoms with Crippen LogP contribution in [0.4, 0.5) is 0 Å². The third-order valence-electron chi connectivity index (χ3n) is 4.74. The Morgan fingerprint density at radius 1 is 1.13 bits per heavy atom. The van der Waals surface area contributed by atoms with Crippen LogP contribution in [0.1, 0.15) is 29.6 Å². The van der Waals surface area contributed by atoms with Crippen LogP contribution in [-0.2, 0) is 0 Å². The maximum atomic E-state index is 12.9. The van der Waals surface area contributed by atoms with E-state index in [0.29, 0.717) is 17.6 Å². The highest BCUT2D eigenvalue weighted by atomic mass is 35.5. The van der Waals surface area contributed by atoms with Gasteiger partial charge >= 0.3 is 0 Å². The Labute approximate surface area is 142 Å². The van der Waals surface area contributed by atoms with Gasteiger partial charge in [0.05, 0.1) is 17.4 Å². The van der Waals surface area contributed by atoms with Gasteiger partial charge in [0.15, 0.2) is 0 Å². The minimum absolute atomic E-state index is 0. The van der Waals surface area contributed by atoms with Crippen LogP contribution in [-0.4, -0.2) is 45.8 Å². The second-order valence-electron chi connectivity index (χ2n) is 6.10. The Morgan fingerprint density at radius 2 is 1.91 bits per heavy atom. The molecule has 0 aliphatic carbocycles. The summed E-state index contributed by atoms with van der Waals surface area (Å²) in [4.78, 5) is 15.0. The SMILES string of the molecule is Cl.O=C(c1cnn(-c2ccccc2)c1)N1C2CCNCC1CC2. The van der Waals surface area contributed by atoms with Gasteiger partial charge in [-0.15, -0.1) is 12.4 Å². The number of amides is 1. The van der Waals surface area contributed by atoms with E-state index >= 15 is 0 Å². The van der Waals surface area contributed by atoms with E-state index in [9.17, 15) is 4.79 Å². The molecule has 2 aliphatic heterocycles. The molecule has 2 aromatic rings. The normalized spacial score (nSPS) is 23.2. The third kappa shape index (κ3) is 2.99. The minimum Gasteiger partial charge on any atom is -0.331 e. The van der Waals surface area contributed by atoms with Crippen molar-refractivity contribution in [2.24, 2.45) is 0 Å². The molecule has 2 saturated heterocycles. The molecule has 0 saturated carbocycles. The summed E-state index contributed by atoms with van der Waals surface area (Å²) in [6, 6.07) is 10.6. The zero-order chi connectivity index (χ0) is 14.9. The lowest BCUT2D eigenvalue weighted by Gasteiger charge is -2.27. The molecule has 1 aromatic carbocycles. The fourth-order valence-electron chi connectivity index (χ4n) is 3.62. The lowest BCUT2D eigenvalue weighted by atomic mass is 10.1. The molecule has 3 heterocycles. The molecular formula is C17H21ClN4O. The number of carbonyl (C=O) groups excluding carboxylic acids is 1. The molecular weight excluding hydrogens is 312 g/mol. The number of nitrogens with zero attached hydrogens (tertiary/aromatic N) is 3. The van der Waals surface area contributed by atoms with E-state index in [0.717, 1.165) is 38.0 Å². The number of carbonyl (C=O) groups is 1. The number of aromatic nitrogens is 2. The zero-order valence-corrected chi connectivity index (χ0v) is 13.7. The Kier molecular flexibility index (Phi) is 4.68. The van der Waals surface area contributed by atoms with Crippen LogP contribution < -0.4 is 5.32 Å². The summed E-state index contributed by atoms with van der Waals surface area (Å²) in [5.74, 6) is 0.124. The van der Waals surface area contributed by atoms with Crippen molar-refractivity contribution in [2.45, 2.75) is 31.3 Å². The number of hydrogen-bond acceptors (Lipinski definition) is 3. The van der Waals surface area contributed by atoms with E-state index < -0.39 is 0 Å². The first-order chi connectivity index (χ1) is 10.8.